The van der Waals surface area contributed by atoms with Gasteiger partial charge in [0.05, 0.1) is 32.3 Å². The van der Waals surface area contributed by atoms with Crippen LogP contribution in [0.25, 0.3) is 6.08 Å². The monoisotopic (exact) mass is 618 g/mol. The number of aliphatic imine (C=N–C) groups is 1. The number of ether oxygens (including phenoxy) is 3. The van der Waals surface area contributed by atoms with E-state index in [2.05, 4.69) is 27.6 Å². The fourth-order valence-corrected chi connectivity index (χ4v) is 4.50. The molecule has 0 radical (unpaired) electrons. The highest BCUT2D eigenvalue weighted by atomic mass is 127. The number of nitro groups is 1. The van der Waals surface area contributed by atoms with Gasteiger partial charge >= 0.3 is 5.97 Å². The van der Waals surface area contributed by atoms with Crippen LogP contribution in [-0.2, 0) is 16.0 Å². The summed E-state index contributed by atoms with van der Waals surface area (Å²) in [6.07, 6.45) is 2.33. The van der Waals surface area contributed by atoms with E-state index in [1.54, 1.807) is 12.1 Å². The molecule has 0 unspecified atom stereocenters. The Morgan fingerprint density at radius 2 is 1.92 bits per heavy atom. The SMILES string of the molecule is CCOc1cc(/C=C2\N=C(c3ccc([N+](=O)[O-])cc3Cl)OC2=O)cc(I)c1OCCc1ccccc1. The van der Waals surface area contributed by atoms with Crippen molar-refractivity contribution in [1.82, 2.24) is 0 Å². The Morgan fingerprint density at radius 1 is 1.14 bits per heavy atom. The number of halogens is 2. The summed E-state index contributed by atoms with van der Waals surface area (Å²) in [6.45, 7) is 2.80. The summed E-state index contributed by atoms with van der Waals surface area (Å²) in [6, 6.07) is 17.5. The molecule has 8 nitrogen and oxygen atoms in total. The molecule has 36 heavy (non-hydrogen) atoms. The highest BCUT2D eigenvalue weighted by molar-refractivity contribution is 14.1. The Bertz CT molecular complexity index is 1370. The number of nitrogens with zero attached hydrogens (tertiary/aromatic N) is 2. The van der Waals surface area contributed by atoms with Crippen LogP contribution in [0.4, 0.5) is 5.69 Å². The van der Waals surface area contributed by atoms with Crippen molar-refractivity contribution < 1.29 is 23.9 Å². The largest absolute Gasteiger partial charge is 0.490 e. The van der Waals surface area contributed by atoms with Gasteiger partial charge in [0, 0.05) is 18.6 Å². The van der Waals surface area contributed by atoms with Crippen LogP contribution in [-0.4, -0.2) is 30.0 Å². The highest BCUT2D eigenvalue weighted by Gasteiger charge is 2.27. The van der Waals surface area contributed by atoms with Crippen LogP contribution in [0.3, 0.4) is 0 Å². The Labute approximate surface area is 225 Å². The van der Waals surface area contributed by atoms with Crippen molar-refractivity contribution in [3.8, 4) is 11.5 Å². The zero-order valence-electron chi connectivity index (χ0n) is 19.1. The molecule has 184 valence electrons. The van der Waals surface area contributed by atoms with E-state index in [1.165, 1.54) is 23.8 Å². The second-order valence-corrected chi connectivity index (χ2v) is 9.17. The van der Waals surface area contributed by atoms with Gasteiger partial charge in [0.15, 0.2) is 17.2 Å². The van der Waals surface area contributed by atoms with E-state index >= 15 is 0 Å². The topological polar surface area (TPSA) is 100 Å². The minimum absolute atomic E-state index is 0.0215. The average molecular weight is 619 g/mol. The maximum Gasteiger partial charge on any atom is 0.363 e. The zero-order valence-corrected chi connectivity index (χ0v) is 22.0. The molecule has 0 aromatic heterocycles. The predicted molar refractivity (Wildman–Crippen MR) is 145 cm³/mol. The highest BCUT2D eigenvalue weighted by Crippen LogP contribution is 2.36. The third kappa shape index (κ3) is 6.03. The van der Waals surface area contributed by atoms with Crippen LogP contribution < -0.4 is 9.47 Å². The molecule has 0 spiro atoms. The molecule has 4 rings (SSSR count). The number of rotatable bonds is 9. The number of hydrogen-bond donors (Lipinski definition) is 0. The number of hydrogen-bond acceptors (Lipinski definition) is 7. The van der Waals surface area contributed by atoms with Crippen molar-refractivity contribution in [3.63, 3.8) is 0 Å². The molecule has 0 saturated heterocycles. The molecule has 0 fully saturated rings. The van der Waals surface area contributed by atoms with Crippen molar-refractivity contribution in [1.29, 1.82) is 0 Å². The summed E-state index contributed by atoms with van der Waals surface area (Å²) in [5.41, 5.74) is 2.02. The molecule has 0 aliphatic carbocycles. The van der Waals surface area contributed by atoms with Crippen molar-refractivity contribution in [2.24, 2.45) is 4.99 Å². The number of non-ortho nitro benzene ring substituents is 1. The van der Waals surface area contributed by atoms with Crippen molar-refractivity contribution >= 4 is 57.8 Å². The molecule has 0 saturated carbocycles. The number of cyclic esters (lactones) is 1. The third-order valence-corrected chi connectivity index (χ3v) is 6.24. The summed E-state index contributed by atoms with van der Waals surface area (Å²) in [5.74, 6) is 0.506. The first-order valence-electron chi connectivity index (χ1n) is 11.0. The summed E-state index contributed by atoms with van der Waals surface area (Å²) >= 11 is 8.32. The normalized spacial score (nSPS) is 13.9. The van der Waals surface area contributed by atoms with Gasteiger partial charge in [-0.2, -0.15) is 0 Å². The lowest BCUT2D eigenvalue weighted by Gasteiger charge is -2.15. The van der Waals surface area contributed by atoms with Crippen LogP contribution in [0.2, 0.25) is 5.02 Å². The summed E-state index contributed by atoms with van der Waals surface area (Å²) in [7, 11) is 0. The molecule has 1 aliphatic heterocycles. The summed E-state index contributed by atoms with van der Waals surface area (Å²) < 4.78 is 17.9. The Kier molecular flexibility index (Phi) is 8.21. The maximum atomic E-state index is 12.5. The van der Waals surface area contributed by atoms with E-state index in [0.717, 1.165) is 9.99 Å². The van der Waals surface area contributed by atoms with Gasteiger partial charge in [0.1, 0.15) is 0 Å². The smallest absolute Gasteiger partial charge is 0.363 e. The quantitative estimate of drug-likeness (QED) is 0.0929. The Balaban J connectivity index is 1.57. The first kappa shape index (κ1) is 25.6. The maximum absolute atomic E-state index is 12.5. The van der Waals surface area contributed by atoms with Crippen LogP contribution in [0.5, 0.6) is 11.5 Å². The van der Waals surface area contributed by atoms with Crippen molar-refractivity contribution in [3.05, 3.63) is 102 Å². The van der Waals surface area contributed by atoms with Crippen LogP contribution in [0.15, 0.2) is 71.4 Å². The first-order valence-corrected chi connectivity index (χ1v) is 12.4. The number of carbonyl (C=O) groups is 1. The minimum Gasteiger partial charge on any atom is -0.490 e. The summed E-state index contributed by atoms with van der Waals surface area (Å²) in [5, 5.41) is 11.0. The lowest BCUT2D eigenvalue weighted by molar-refractivity contribution is -0.384. The zero-order chi connectivity index (χ0) is 25.7. The molecule has 10 heteroatoms. The Morgan fingerprint density at radius 3 is 2.61 bits per heavy atom. The summed E-state index contributed by atoms with van der Waals surface area (Å²) in [4.78, 5) is 27.1. The standard InChI is InChI=1S/C26H20ClIN2O6/c1-2-34-23-14-17(12-21(28)24(23)35-11-10-16-6-4-3-5-7-16)13-22-26(31)36-25(29-22)19-9-8-18(30(32)33)15-20(19)27/h3-9,12-15H,2,10-11H2,1H3/b22-13-. The van der Waals surface area contributed by atoms with E-state index in [9.17, 15) is 14.9 Å². The fourth-order valence-electron chi connectivity index (χ4n) is 3.46. The van der Waals surface area contributed by atoms with Gasteiger partial charge in [-0.3, -0.25) is 10.1 Å². The average Bonchev–Trinajstić information content (AvgIpc) is 3.21. The molecule has 1 aliphatic rings. The van der Waals surface area contributed by atoms with Gasteiger partial charge < -0.3 is 14.2 Å². The fraction of sp³-hybridized carbons (Fsp3) is 0.154. The number of carbonyl (C=O) groups excluding carboxylic acids is 1. The molecule has 1 heterocycles. The van der Waals surface area contributed by atoms with Gasteiger partial charge in [-0.05, 0) is 64.9 Å². The molecular weight excluding hydrogens is 599 g/mol. The van der Waals surface area contributed by atoms with Crippen LogP contribution in [0.1, 0.15) is 23.6 Å². The molecule has 3 aromatic rings. The van der Waals surface area contributed by atoms with Crippen LogP contribution >= 0.6 is 34.2 Å². The van der Waals surface area contributed by atoms with Crippen molar-refractivity contribution in [2.75, 3.05) is 13.2 Å². The van der Waals surface area contributed by atoms with E-state index in [1.807, 2.05) is 43.3 Å². The predicted octanol–water partition coefficient (Wildman–Crippen LogP) is 6.22. The van der Waals surface area contributed by atoms with Crippen LogP contribution in [0, 0.1) is 13.7 Å². The molecule has 0 N–H and O–H groups in total. The molecule has 0 amide bonds. The van der Waals surface area contributed by atoms with E-state index in [4.69, 9.17) is 25.8 Å². The van der Waals surface area contributed by atoms with E-state index < -0.39 is 10.9 Å². The second kappa shape index (κ2) is 11.5. The van der Waals surface area contributed by atoms with Gasteiger partial charge in [-0.15, -0.1) is 0 Å². The third-order valence-electron chi connectivity index (χ3n) is 5.13. The molecular formula is C26H20ClIN2O6. The minimum atomic E-state index is -0.657. The number of esters is 1. The molecule has 0 atom stereocenters. The second-order valence-electron chi connectivity index (χ2n) is 7.60. The number of benzene rings is 3. The lowest BCUT2D eigenvalue weighted by atomic mass is 10.1. The first-order chi connectivity index (χ1) is 17.4. The molecule has 3 aromatic carbocycles. The van der Waals surface area contributed by atoms with Crippen molar-refractivity contribution in [2.45, 2.75) is 13.3 Å². The van der Waals surface area contributed by atoms with Gasteiger partial charge in [0.25, 0.3) is 5.69 Å². The lowest BCUT2D eigenvalue weighted by Crippen LogP contribution is -2.06. The van der Waals surface area contributed by atoms with Gasteiger partial charge in [-0.25, -0.2) is 9.79 Å². The van der Waals surface area contributed by atoms with E-state index in [0.29, 0.717) is 30.3 Å². The van der Waals surface area contributed by atoms with Gasteiger partial charge in [-0.1, -0.05) is 41.9 Å². The number of nitro benzene ring substituents is 1. The molecule has 0 bridgehead atoms. The Hall–Kier alpha value is -3.44. The van der Waals surface area contributed by atoms with E-state index in [-0.39, 0.29) is 27.9 Å². The van der Waals surface area contributed by atoms with Gasteiger partial charge in [0.2, 0.25) is 5.90 Å².